The van der Waals surface area contributed by atoms with Gasteiger partial charge in [0.25, 0.3) is 0 Å². The largest absolute Gasteiger partial charge is 0.0881 e. The number of allylic oxidation sites excluding steroid dienone is 7. The van der Waals surface area contributed by atoms with Crippen molar-refractivity contribution in [1.82, 2.24) is 0 Å². The van der Waals surface area contributed by atoms with Gasteiger partial charge in [0.1, 0.15) is 0 Å². The fourth-order valence-electron chi connectivity index (χ4n) is 9.14. The zero-order valence-corrected chi connectivity index (χ0v) is 37.7. The molecule has 1 aliphatic carbocycles. The summed E-state index contributed by atoms with van der Waals surface area (Å²) in [6.07, 6.45) is 4.87. The Morgan fingerprint density at radius 1 is 0.317 bits per heavy atom. The molecule has 1 aliphatic heterocycles. The number of thioether (sulfide) groups is 1. The quantitative estimate of drug-likeness (QED) is 0.154. The number of hydrogen-bond donors (Lipinski definition) is 0. The van der Waals surface area contributed by atoms with Gasteiger partial charge in [-0.05, 0) is 125 Å². The molecule has 0 spiro atoms. The predicted molar refractivity (Wildman–Crippen MR) is 274 cm³/mol. The van der Waals surface area contributed by atoms with Gasteiger partial charge in [-0.2, -0.15) is 0 Å². The van der Waals surface area contributed by atoms with E-state index < -0.39 is 0 Å². The summed E-state index contributed by atoms with van der Waals surface area (Å²) in [6.45, 7) is 13.0. The van der Waals surface area contributed by atoms with Crippen LogP contribution in [-0.2, 0) is 0 Å². The maximum Gasteiger partial charge on any atom is 0.0279 e. The second kappa shape index (κ2) is 16.7. The summed E-state index contributed by atoms with van der Waals surface area (Å²) in [5, 5.41) is 2.50. The molecular formula is C62H50S. The van der Waals surface area contributed by atoms with Gasteiger partial charge in [-0.3, -0.25) is 0 Å². The van der Waals surface area contributed by atoms with Crippen LogP contribution in [0.5, 0.6) is 0 Å². The lowest BCUT2D eigenvalue weighted by atomic mass is 9.87. The molecule has 0 saturated heterocycles. The Bertz CT molecular complexity index is 3090. The van der Waals surface area contributed by atoms with Gasteiger partial charge in [0.15, 0.2) is 0 Å². The SMILES string of the molecule is Cc1ccc(C2=C(c3ccc(C)cc3)c3ccc4ccccc4c3/C(=C/C=C3C(c4ccc(C)cc4)=C(c4ccc(C)cc4)C(c4ccc(C)cc4)=C3c3ccc(C)cc3)S2)cc1. The zero-order chi connectivity index (χ0) is 43.2. The van der Waals surface area contributed by atoms with Crippen molar-refractivity contribution in [3.8, 4) is 0 Å². The van der Waals surface area contributed by atoms with E-state index in [9.17, 15) is 0 Å². The van der Waals surface area contributed by atoms with Gasteiger partial charge >= 0.3 is 0 Å². The molecule has 0 fully saturated rings. The van der Waals surface area contributed by atoms with E-state index in [1.165, 1.54) is 132 Å². The molecule has 1 heterocycles. The van der Waals surface area contributed by atoms with Crippen molar-refractivity contribution >= 4 is 60.2 Å². The van der Waals surface area contributed by atoms with Crippen LogP contribution in [0.25, 0.3) is 48.4 Å². The predicted octanol–water partition coefficient (Wildman–Crippen LogP) is 16.9. The number of rotatable bonds is 7. The maximum atomic E-state index is 2.44. The molecule has 0 N–H and O–H groups in total. The molecule has 1 heteroatoms. The minimum Gasteiger partial charge on any atom is -0.0881 e. The summed E-state index contributed by atoms with van der Waals surface area (Å²) in [7, 11) is 0. The first-order chi connectivity index (χ1) is 30.7. The highest BCUT2D eigenvalue weighted by Crippen LogP contribution is 2.57. The molecular weight excluding hydrogens is 777 g/mol. The average molecular weight is 827 g/mol. The monoisotopic (exact) mass is 826 g/mol. The average Bonchev–Trinajstić information content (AvgIpc) is 3.64. The number of hydrogen-bond acceptors (Lipinski definition) is 1. The summed E-state index contributed by atoms with van der Waals surface area (Å²) in [6, 6.07) is 68.2. The fraction of sp³-hybridized carbons (Fsp3) is 0.0968. The molecule has 2 aliphatic rings. The van der Waals surface area contributed by atoms with Gasteiger partial charge in [0.2, 0.25) is 0 Å². The fourth-order valence-corrected chi connectivity index (χ4v) is 10.4. The van der Waals surface area contributed by atoms with Crippen LogP contribution in [0, 0.1) is 41.5 Å². The van der Waals surface area contributed by atoms with Crippen LogP contribution in [0.1, 0.15) is 77.9 Å². The number of fused-ring (bicyclic) bond motifs is 3. The first-order valence-corrected chi connectivity index (χ1v) is 22.8. The molecule has 8 aromatic rings. The Morgan fingerprint density at radius 3 is 1.11 bits per heavy atom. The summed E-state index contributed by atoms with van der Waals surface area (Å²) >= 11 is 1.90. The van der Waals surface area contributed by atoms with Gasteiger partial charge in [0.05, 0.1) is 0 Å². The highest BCUT2D eigenvalue weighted by atomic mass is 32.2. The van der Waals surface area contributed by atoms with Crippen molar-refractivity contribution in [1.29, 1.82) is 0 Å². The second-order valence-corrected chi connectivity index (χ2v) is 18.4. The first-order valence-electron chi connectivity index (χ1n) is 22.0. The van der Waals surface area contributed by atoms with Gasteiger partial charge in [-0.25, -0.2) is 0 Å². The Morgan fingerprint density at radius 2 is 0.683 bits per heavy atom. The van der Waals surface area contributed by atoms with E-state index in [1.54, 1.807) is 0 Å². The maximum absolute atomic E-state index is 2.44. The third kappa shape index (κ3) is 7.68. The topological polar surface area (TPSA) is 0 Å². The van der Waals surface area contributed by atoms with E-state index in [1.807, 2.05) is 11.8 Å². The van der Waals surface area contributed by atoms with Crippen LogP contribution in [-0.4, -0.2) is 0 Å². The summed E-state index contributed by atoms with van der Waals surface area (Å²) in [5.41, 5.74) is 24.8. The zero-order valence-electron chi connectivity index (χ0n) is 36.9. The molecule has 0 unspecified atom stereocenters. The van der Waals surface area contributed by atoms with Crippen LogP contribution in [0.4, 0.5) is 0 Å². The minimum absolute atomic E-state index is 1.21. The van der Waals surface area contributed by atoms with E-state index in [0.29, 0.717) is 0 Å². The molecule has 10 rings (SSSR count). The molecule has 0 aromatic heterocycles. The Hall–Kier alpha value is -6.93. The van der Waals surface area contributed by atoms with Crippen LogP contribution in [0.3, 0.4) is 0 Å². The molecule has 0 bridgehead atoms. The highest BCUT2D eigenvalue weighted by Gasteiger charge is 2.33. The van der Waals surface area contributed by atoms with Gasteiger partial charge in [-0.1, -0.05) is 233 Å². The third-order valence-corrected chi connectivity index (χ3v) is 13.8. The van der Waals surface area contributed by atoms with Crippen LogP contribution in [0.15, 0.2) is 200 Å². The molecule has 0 atom stereocenters. The lowest BCUT2D eigenvalue weighted by Gasteiger charge is -2.27. The number of benzene rings is 8. The van der Waals surface area contributed by atoms with Crippen molar-refractivity contribution in [2.75, 3.05) is 0 Å². The van der Waals surface area contributed by atoms with E-state index in [0.717, 1.165) is 0 Å². The van der Waals surface area contributed by atoms with Crippen molar-refractivity contribution < 1.29 is 0 Å². The second-order valence-electron chi connectivity index (χ2n) is 17.3. The molecule has 304 valence electrons. The van der Waals surface area contributed by atoms with Crippen molar-refractivity contribution in [3.05, 3.63) is 278 Å². The first kappa shape index (κ1) is 40.2. The Balaban J connectivity index is 1.31. The van der Waals surface area contributed by atoms with Gasteiger partial charge in [-0.15, -0.1) is 0 Å². The van der Waals surface area contributed by atoms with E-state index in [2.05, 4.69) is 236 Å². The molecule has 0 radical (unpaired) electrons. The lowest BCUT2D eigenvalue weighted by Crippen LogP contribution is -2.03. The van der Waals surface area contributed by atoms with Crippen LogP contribution >= 0.6 is 11.8 Å². The third-order valence-electron chi connectivity index (χ3n) is 12.6. The van der Waals surface area contributed by atoms with E-state index in [-0.39, 0.29) is 0 Å². The molecule has 0 saturated carbocycles. The van der Waals surface area contributed by atoms with E-state index >= 15 is 0 Å². The summed E-state index contributed by atoms with van der Waals surface area (Å²) < 4.78 is 0. The Kier molecular flexibility index (Phi) is 10.7. The molecule has 63 heavy (non-hydrogen) atoms. The molecule has 0 nitrogen and oxygen atoms in total. The van der Waals surface area contributed by atoms with Crippen molar-refractivity contribution in [2.45, 2.75) is 41.5 Å². The number of aryl methyl sites for hydroxylation is 6. The highest BCUT2D eigenvalue weighted by molar-refractivity contribution is 8.17. The smallest absolute Gasteiger partial charge is 0.0279 e. The minimum atomic E-state index is 1.21. The molecule has 8 aromatic carbocycles. The van der Waals surface area contributed by atoms with Crippen molar-refractivity contribution in [3.63, 3.8) is 0 Å². The van der Waals surface area contributed by atoms with Crippen LogP contribution in [0.2, 0.25) is 0 Å². The van der Waals surface area contributed by atoms with Crippen molar-refractivity contribution in [2.24, 2.45) is 0 Å². The normalized spacial score (nSPS) is 14.6. The summed E-state index contributed by atoms with van der Waals surface area (Å²) in [5.74, 6) is 0. The lowest BCUT2D eigenvalue weighted by molar-refractivity contribution is 1.44. The van der Waals surface area contributed by atoms with E-state index in [4.69, 9.17) is 0 Å². The van der Waals surface area contributed by atoms with Crippen LogP contribution < -0.4 is 0 Å². The van der Waals surface area contributed by atoms with Gasteiger partial charge in [0, 0.05) is 20.9 Å². The molecule has 0 amide bonds. The Labute approximate surface area is 377 Å². The summed E-state index contributed by atoms with van der Waals surface area (Å²) in [4.78, 5) is 2.50. The van der Waals surface area contributed by atoms with Gasteiger partial charge < -0.3 is 0 Å². The standard InChI is InChI=1S/C62H50S/c1-39-11-23-46(24-12-39)56-53(57(47-25-13-40(2)14-26-47)60(50-31-19-43(5)20-32-50)59(56)49-29-17-42(4)18-30-49)37-38-55-61-52-10-8-7-9-45(52)35-36-54(61)58(48-27-15-41(3)16-28-48)62(63-55)51-33-21-44(6)22-34-51/h7-38H,1-6H3/b55-38-.